The molecule has 0 fully saturated rings. The Morgan fingerprint density at radius 2 is 2.07 bits per heavy atom. The summed E-state index contributed by atoms with van der Waals surface area (Å²) in [5, 5.41) is 3.23. The molecule has 0 aliphatic heterocycles. The molecule has 3 nitrogen and oxygen atoms in total. The van der Waals surface area contributed by atoms with E-state index in [2.05, 4.69) is 49.0 Å². The molecule has 3 heteroatoms. The number of pyridine rings is 1. The maximum atomic E-state index is 4.57. The van der Waals surface area contributed by atoms with Crippen molar-refractivity contribution in [3.05, 3.63) is 18.2 Å². The minimum Gasteiger partial charge on any atom is -0.370 e. The summed E-state index contributed by atoms with van der Waals surface area (Å²) in [5.74, 6) is 2.00. The second-order valence-electron chi connectivity index (χ2n) is 3.79. The standard InChI is InChI=1S/C12H21N3/c1-5-13-11-8-7-9-12(14-11)15(6-2)10(3)4/h7-10H,5-6H2,1-4H3,(H,13,14). The van der Waals surface area contributed by atoms with Gasteiger partial charge >= 0.3 is 0 Å². The molecular formula is C12H21N3. The fourth-order valence-corrected chi connectivity index (χ4v) is 1.65. The van der Waals surface area contributed by atoms with Gasteiger partial charge < -0.3 is 10.2 Å². The highest BCUT2D eigenvalue weighted by molar-refractivity contribution is 5.47. The quantitative estimate of drug-likeness (QED) is 0.804. The molecule has 1 aromatic rings. The Kier molecular flexibility index (Phi) is 4.40. The van der Waals surface area contributed by atoms with Gasteiger partial charge in [0.25, 0.3) is 0 Å². The Labute approximate surface area is 92.5 Å². The third kappa shape index (κ3) is 3.11. The zero-order chi connectivity index (χ0) is 11.3. The molecule has 1 rings (SSSR count). The lowest BCUT2D eigenvalue weighted by Crippen LogP contribution is -2.31. The van der Waals surface area contributed by atoms with Crippen molar-refractivity contribution in [2.45, 2.75) is 33.7 Å². The van der Waals surface area contributed by atoms with Gasteiger partial charge in [-0.1, -0.05) is 6.07 Å². The summed E-state index contributed by atoms with van der Waals surface area (Å²) >= 11 is 0. The minimum absolute atomic E-state index is 0.486. The van der Waals surface area contributed by atoms with E-state index >= 15 is 0 Å². The molecule has 1 N–H and O–H groups in total. The molecule has 0 radical (unpaired) electrons. The summed E-state index contributed by atoms with van der Waals surface area (Å²) in [6.45, 7) is 10.5. The Bertz CT molecular complexity index is 297. The van der Waals surface area contributed by atoms with Crippen LogP contribution in [0.2, 0.25) is 0 Å². The van der Waals surface area contributed by atoms with Crippen LogP contribution in [0.5, 0.6) is 0 Å². The molecule has 0 aliphatic carbocycles. The molecule has 0 aliphatic rings. The van der Waals surface area contributed by atoms with Gasteiger partial charge in [-0.15, -0.1) is 0 Å². The molecule has 1 aromatic heterocycles. The third-order valence-corrected chi connectivity index (χ3v) is 2.35. The van der Waals surface area contributed by atoms with Crippen molar-refractivity contribution >= 4 is 11.6 Å². The average molecular weight is 207 g/mol. The molecule has 15 heavy (non-hydrogen) atoms. The van der Waals surface area contributed by atoms with E-state index in [0.717, 1.165) is 24.7 Å². The van der Waals surface area contributed by atoms with Crippen LogP contribution in [0.1, 0.15) is 27.7 Å². The highest BCUT2D eigenvalue weighted by Crippen LogP contribution is 2.16. The number of rotatable bonds is 5. The van der Waals surface area contributed by atoms with Crippen LogP contribution >= 0.6 is 0 Å². The lowest BCUT2D eigenvalue weighted by atomic mass is 10.3. The lowest BCUT2D eigenvalue weighted by Gasteiger charge is -2.26. The maximum absolute atomic E-state index is 4.57. The van der Waals surface area contributed by atoms with Gasteiger partial charge in [-0.3, -0.25) is 0 Å². The number of nitrogens with one attached hydrogen (secondary N) is 1. The highest BCUT2D eigenvalue weighted by atomic mass is 15.2. The highest BCUT2D eigenvalue weighted by Gasteiger charge is 2.09. The van der Waals surface area contributed by atoms with Crippen molar-refractivity contribution in [2.75, 3.05) is 23.3 Å². The van der Waals surface area contributed by atoms with E-state index in [1.807, 2.05) is 12.1 Å². The Balaban J connectivity index is 2.87. The predicted octanol–water partition coefficient (Wildman–Crippen LogP) is 2.75. The fraction of sp³-hybridized carbons (Fsp3) is 0.583. The Morgan fingerprint density at radius 3 is 2.60 bits per heavy atom. The number of hydrogen-bond acceptors (Lipinski definition) is 3. The molecule has 0 amide bonds. The first-order chi connectivity index (χ1) is 7.19. The van der Waals surface area contributed by atoms with Crippen LogP contribution in [-0.4, -0.2) is 24.1 Å². The van der Waals surface area contributed by atoms with Gasteiger partial charge in [0.05, 0.1) is 0 Å². The van der Waals surface area contributed by atoms with Crippen LogP contribution in [0.25, 0.3) is 0 Å². The summed E-state index contributed by atoms with van der Waals surface area (Å²) in [4.78, 5) is 6.85. The van der Waals surface area contributed by atoms with Crippen molar-refractivity contribution in [3.8, 4) is 0 Å². The summed E-state index contributed by atoms with van der Waals surface area (Å²) in [5.41, 5.74) is 0. The topological polar surface area (TPSA) is 28.2 Å². The van der Waals surface area contributed by atoms with Gasteiger partial charge in [0.2, 0.25) is 0 Å². The number of anilines is 2. The largest absolute Gasteiger partial charge is 0.370 e. The van der Waals surface area contributed by atoms with Crippen molar-refractivity contribution in [2.24, 2.45) is 0 Å². The second-order valence-corrected chi connectivity index (χ2v) is 3.79. The first-order valence-corrected chi connectivity index (χ1v) is 5.66. The summed E-state index contributed by atoms with van der Waals surface area (Å²) in [6, 6.07) is 6.59. The second kappa shape index (κ2) is 5.59. The zero-order valence-electron chi connectivity index (χ0n) is 10.1. The van der Waals surface area contributed by atoms with Crippen molar-refractivity contribution in [1.82, 2.24) is 4.98 Å². The van der Waals surface area contributed by atoms with E-state index in [4.69, 9.17) is 0 Å². The molecule has 0 unspecified atom stereocenters. The van der Waals surface area contributed by atoms with E-state index in [1.165, 1.54) is 0 Å². The Hall–Kier alpha value is -1.25. The van der Waals surface area contributed by atoms with Gasteiger partial charge in [0.1, 0.15) is 11.6 Å². The van der Waals surface area contributed by atoms with Crippen LogP contribution in [0.3, 0.4) is 0 Å². The van der Waals surface area contributed by atoms with Crippen molar-refractivity contribution in [3.63, 3.8) is 0 Å². The minimum atomic E-state index is 0.486. The summed E-state index contributed by atoms with van der Waals surface area (Å²) < 4.78 is 0. The van der Waals surface area contributed by atoms with Crippen LogP contribution in [0.15, 0.2) is 18.2 Å². The smallest absolute Gasteiger partial charge is 0.131 e. The molecule has 0 atom stereocenters. The van der Waals surface area contributed by atoms with Crippen molar-refractivity contribution < 1.29 is 0 Å². The van der Waals surface area contributed by atoms with Gasteiger partial charge in [-0.05, 0) is 39.8 Å². The SMILES string of the molecule is CCNc1cccc(N(CC)C(C)C)n1. The van der Waals surface area contributed by atoms with Gasteiger partial charge in [-0.25, -0.2) is 4.98 Å². The first-order valence-electron chi connectivity index (χ1n) is 5.66. The fourth-order valence-electron chi connectivity index (χ4n) is 1.65. The van der Waals surface area contributed by atoms with Crippen LogP contribution in [0, 0.1) is 0 Å². The van der Waals surface area contributed by atoms with Gasteiger partial charge in [0, 0.05) is 19.1 Å². The monoisotopic (exact) mass is 207 g/mol. The van der Waals surface area contributed by atoms with E-state index in [9.17, 15) is 0 Å². The van der Waals surface area contributed by atoms with Crippen LogP contribution in [-0.2, 0) is 0 Å². The van der Waals surface area contributed by atoms with Gasteiger partial charge in [0.15, 0.2) is 0 Å². The predicted molar refractivity (Wildman–Crippen MR) is 66.6 cm³/mol. The average Bonchev–Trinajstić information content (AvgIpc) is 2.19. The van der Waals surface area contributed by atoms with Gasteiger partial charge in [-0.2, -0.15) is 0 Å². The zero-order valence-corrected chi connectivity index (χ0v) is 10.1. The Morgan fingerprint density at radius 1 is 1.33 bits per heavy atom. The van der Waals surface area contributed by atoms with E-state index < -0.39 is 0 Å². The van der Waals surface area contributed by atoms with E-state index in [1.54, 1.807) is 0 Å². The molecule has 0 spiro atoms. The number of aromatic nitrogens is 1. The first kappa shape index (κ1) is 11.8. The van der Waals surface area contributed by atoms with Crippen LogP contribution < -0.4 is 10.2 Å². The molecule has 1 heterocycles. The number of hydrogen-bond donors (Lipinski definition) is 1. The molecule has 0 saturated carbocycles. The van der Waals surface area contributed by atoms with E-state index in [-0.39, 0.29) is 0 Å². The molecular weight excluding hydrogens is 186 g/mol. The molecule has 84 valence electrons. The van der Waals surface area contributed by atoms with E-state index in [0.29, 0.717) is 6.04 Å². The molecule has 0 bridgehead atoms. The normalized spacial score (nSPS) is 10.5. The lowest BCUT2D eigenvalue weighted by molar-refractivity contribution is 0.694. The summed E-state index contributed by atoms with van der Waals surface area (Å²) in [7, 11) is 0. The molecule has 0 aromatic carbocycles. The summed E-state index contributed by atoms with van der Waals surface area (Å²) in [6.07, 6.45) is 0. The van der Waals surface area contributed by atoms with Crippen molar-refractivity contribution in [1.29, 1.82) is 0 Å². The van der Waals surface area contributed by atoms with Crippen LogP contribution in [0.4, 0.5) is 11.6 Å². The maximum Gasteiger partial charge on any atom is 0.131 e. The number of nitrogens with zero attached hydrogens (tertiary/aromatic N) is 2. The molecule has 0 saturated heterocycles. The third-order valence-electron chi connectivity index (χ3n) is 2.35.